The first kappa shape index (κ1) is 12.8. The monoisotopic (exact) mass is 251 g/mol. The molecule has 6 nitrogen and oxygen atoms in total. The van der Waals surface area contributed by atoms with E-state index in [0.29, 0.717) is 24.5 Å². The number of nitrogens with one attached hydrogen (secondary N) is 1. The van der Waals surface area contributed by atoms with Crippen LogP contribution in [0.15, 0.2) is 24.3 Å². The number of nitrogen functional groups attached to an aromatic ring is 1. The highest BCUT2D eigenvalue weighted by molar-refractivity contribution is 5.92. The van der Waals surface area contributed by atoms with Crippen LogP contribution in [0.5, 0.6) is 0 Å². The van der Waals surface area contributed by atoms with Gasteiger partial charge in [0.25, 0.3) is 0 Å². The van der Waals surface area contributed by atoms with Crippen LogP contribution in [-0.4, -0.2) is 52.9 Å². The van der Waals surface area contributed by atoms with Gasteiger partial charge in [0.1, 0.15) is 0 Å². The second kappa shape index (κ2) is 5.34. The first-order chi connectivity index (χ1) is 8.54. The molecule has 2 rings (SSSR count). The molecule has 0 saturated carbocycles. The summed E-state index contributed by atoms with van der Waals surface area (Å²) in [5.41, 5.74) is 6.83. The Labute approximate surface area is 105 Å². The van der Waals surface area contributed by atoms with Crippen molar-refractivity contribution in [2.75, 3.05) is 30.7 Å². The molecule has 1 amide bonds. The number of aliphatic hydroxyl groups excluding tert-OH is 2. The summed E-state index contributed by atoms with van der Waals surface area (Å²) in [7, 11) is 0. The molecule has 1 aromatic rings. The Balaban J connectivity index is 1.86. The number of aliphatic hydroxyl groups is 2. The van der Waals surface area contributed by atoms with Crippen LogP contribution in [0.2, 0.25) is 0 Å². The summed E-state index contributed by atoms with van der Waals surface area (Å²) in [5, 5.41) is 21.4. The van der Waals surface area contributed by atoms with Crippen LogP contribution in [0, 0.1) is 0 Å². The summed E-state index contributed by atoms with van der Waals surface area (Å²) in [6.45, 7) is 0.764. The van der Waals surface area contributed by atoms with Crippen LogP contribution < -0.4 is 11.1 Å². The molecular weight excluding hydrogens is 234 g/mol. The highest BCUT2D eigenvalue weighted by atomic mass is 16.3. The van der Waals surface area contributed by atoms with E-state index in [0.717, 1.165) is 0 Å². The molecule has 0 aromatic heterocycles. The topological polar surface area (TPSA) is 98.8 Å². The summed E-state index contributed by atoms with van der Waals surface area (Å²) in [5.74, 6) is -0.193. The van der Waals surface area contributed by atoms with Crippen molar-refractivity contribution in [1.82, 2.24) is 4.90 Å². The predicted molar refractivity (Wildman–Crippen MR) is 67.9 cm³/mol. The maximum absolute atomic E-state index is 11.7. The zero-order valence-corrected chi connectivity index (χ0v) is 9.91. The standard InChI is InChI=1S/C12H17N3O3/c13-8-2-1-3-9(4-8)14-12(18)7-15-5-10(16)11(17)6-15/h1-4,10-11,16-17H,5-7,13H2,(H,14,18). The Morgan fingerprint density at radius 3 is 2.67 bits per heavy atom. The van der Waals surface area contributed by atoms with E-state index in [2.05, 4.69) is 5.32 Å². The van der Waals surface area contributed by atoms with Gasteiger partial charge < -0.3 is 21.3 Å². The molecule has 5 N–H and O–H groups in total. The van der Waals surface area contributed by atoms with Gasteiger partial charge in [0.05, 0.1) is 18.8 Å². The van der Waals surface area contributed by atoms with E-state index in [1.165, 1.54) is 0 Å². The third kappa shape index (κ3) is 3.19. The van der Waals surface area contributed by atoms with Crippen molar-refractivity contribution in [3.8, 4) is 0 Å². The molecule has 1 aliphatic heterocycles. The third-order valence-corrected chi connectivity index (χ3v) is 2.87. The molecule has 18 heavy (non-hydrogen) atoms. The van der Waals surface area contributed by atoms with Crippen LogP contribution in [-0.2, 0) is 4.79 Å². The smallest absolute Gasteiger partial charge is 0.238 e. The lowest BCUT2D eigenvalue weighted by Gasteiger charge is -2.14. The molecule has 1 heterocycles. The fraction of sp³-hybridized carbons (Fsp3) is 0.417. The van der Waals surface area contributed by atoms with E-state index in [4.69, 9.17) is 5.73 Å². The number of hydrogen-bond donors (Lipinski definition) is 4. The second-order valence-corrected chi connectivity index (χ2v) is 4.50. The van der Waals surface area contributed by atoms with Gasteiger partial charge in [-0.25, -0.2) is 0 Å². The summed E-state index contributed by atoms with van der Waals surface area (Å²) < 4.78 is 0. The number of β-amino-alcohol motifs (C(OH)–C–C–N with tert-alkyl or cyclic N) is 2. The van der Waals surface area contributed by atoms with Gasteiger partial charge in [0.15, 0.2) is 0 Å². The minimum absolute atomic E-state index is 0.142. The molecule has 2 unspecified atom stereocenters. The number of amides is 1. The van der Waals surface area contributed by atoms with Gasteiger partial charge in [0.2, 0.25) is 5.91 Å². The van der Waals surface area contributed by atoms with Gasteiger partial charge in [-0.1, -0.05) is 6.07 Å². The highest BCUT2D eigenvalue weighted by Crippen LogP contribution is 2.13. The van der Waals surface area contributed by atoms with Crippen molar-refractivity contribution in [3.05, 3.63) is 24.3 Å². The largest absolute Gasteiger partial charge is 0.399 e. The Morgan fingerprint density at radius 2 is 2.06 bits per heavy atom. The second-order valence-electron chi connectivity index (χ2n) is 4.50. The quantitative estimate of drug-likeness (QED) is 0.530. The first-order valence-electron chi connectivity index (χ1n) is 5.78. The van der Waals surface area contributed by atoms with Gasteiger partial charge in [-0.15, -0.1) is 0 Å². The lowest BCUT2D eigenvalue weighted by Crippen LogP contribution is -2.32. The van der Waals surface area contributed by atoms with Crippen molar-refractivity contribution in [2.24, 2.45) is 0 Å². The maximum Gasteiger partial charge on any atom is 0.238 e. The number of rotatable bonds is 3. The first-order valence-corrected chi connectivity index (χ1v) is 5.78. The molecule has 0 spiro atoms. The number of anilines is 2. The van der Waals surface area contributed by atoms with Gasteiger partial charge >= 0.3 is 0 Å². The third-order valence-electron chi connectivity index (χ3n) is 2.87. The molecule has 1 aliphatic rings. The summed E-state index contributed by atoms with van der Waals surface area (Å²) in [6, 6.07) is 6.92. The van der Waals surface area contributed by atoms with Crippen molar-refractivity contribution in [3.63, 3.8) is 0 Å². The summed E-state index contributed by atoms with van der Waals surface area (Å²) in [6.07, 6.45) is -1.55. The van der Waals surface area contributed by atoms with Crippen molar-refractivity contribution in [2.45, 2.75) is 12.2 Å². The average Bonchev–Trinajstić information content (AvgIpc) is 2.57. The van der Waals surface area contributed by atoms with Crippen LogP contribution in [0.25, 0.3) is 0 Å². The highest BCUT2D eigenvalue weighted by Gasteiger charge is 2.30. The number of likely N-dealkylation sites (tertiary alicyclic amines) is 1. The van der Waals surface area contributed by atoms with E-state index in [1.807, 2.05) is 0 Å². The Kier molecular flexibility index (Phi) is 3.81. The zero-order valence-electron chi connectivity index (χ0n) is 9.91. The molecule has 0 bridgehead atoms. The number of carbonyl (C=O) groups is 1. The van der Waals surface area contributed by atoms with E-state index in [9.17, 15) is 15.0 Å². The van der Waals surface area contributed by atoms with E-state index in [1.54, 1.807) is 29.2 Å². The van der Waals surface area contributed by atoms with Crippen LogP contribution in [0.3, 0.4) is 0 Å². The molecule has 1 aromatic carbocycles. The SMILES string of the molecule is Nc1cccc(NC(=O)CN2CC(O)C(O)C2)c1. The minimum Gasteiger partial charge on any atom is -0.399 e. The van der Waals surface area contributed by atoms with E-state index in [-0.39, 0.29) is 12.5 Å². The van der Waals surface area contributed by atoms with Crippen molar-refractivity contribution in [1.29, 1.82) is 0 Å². The molecule has 2 atom stereocenters. The minimum atomic E-state index is -0.773. The molecule has 0 radical (unpaired) electrons. The van der Waals surface area contributed by atoms with Crippen LogP contribution >= 0.6 is 0 Å². The molecule has 0 aliphatic carbocycles. The van der Waals surface area contributed by atoms with Crippen molar-refractivity contribution < 1.29 is 15.0 Å². The fourth-order valence-electron chi connectivity index (χ4n) is 2.00. The summed E-state index contributed by atoms with van der Waals surface area (Å²) in [4.78, 5) is 13.4. The molecule has 98 valence electrons. The van der Waals surface area contributed by atoms with Crippen LogP contribution in [0.1, 0.15) is 0 Å². The van der Waals surface area contributed by atoms with Crippen LogP contribution in [0.4, 0.5) is 11.4 Å². The van der Waals surface area contributed by atoms with Crippen molar-refractivity contribution >= 4 is 17.3 Å². The molecule has 6 heteroatoms. The van der Waals surface area contributed by atoms with Gasteiger partial charge in [-0.05, 0) is 18.2 Å². The number of nitrogens with two attached hydrogens (primary N) is 1. The Hall–Kier alpha value is -1.63. The van der Waals surface area contributed by atoms with Gasteiger partial charge in [-0.3, -0.25) is 9.69 Å². The molecular formula is C12H17N3O3. The number of carbonyl (C=O) groups excluding carboxylic acids is 1. The summed E-state index contributed by atoms with van der Waals surface area (Å²) >= 11 is 0. The normalized spacial score (nSPS) is 24.1. The van der Waals surface area contributed by atoms with Gasteiger partial charge in [-0.2, -0.15) is 0 Å². The fourth-order valence-corrected chi connectivity index (χ4v) is 2.00. The molecule has 1 saturated heterocycles. The number of hydrogen-bond acceptors (Lipinski definition) is 5. The lowest BCUT2D eigenvalue weighted by atomic mass is 10.3. The Morgan fingerprint density at radius 1 is 1.39 bits per heavy atom. The predicted octanol–water partition coefficient (Wildman–Crippen LogP) is -0.755. The lowest BCUT2D eigenvalue weighted by molar-refractivity contribution is -0.117. The number of benzene rings is 1. The number of nitrogens with zero attached hydrogens (tertiary/aromatic N) is 1. The van der Waals surface area contributed by atoms with E-state index >= 15 is 0 Å². The zero-order chi connectivity index (χ0) is 13.1. The maximum atomic E-state index is 11.7. The van der Waals surface area contributed by atoms with E-state index < -0.39 is 12.2 Å². The van der Waals surface area contributed by atoms with Gasteiger partial charge in [0, 0.05) is 24.5 Å². The Bertz CT molecular complexity index is 428. The average molecular weight is 251 g/mol. The molecule has 1 fully saturated rings.